The molecule has 7 nitrogen and oxygen atoms in total. The Bertz CT molecular complexity index is 1500. The van der Waals surface area contributed by atoms with Gasteiger partial charge in [-0.05, 0) is 44.9 Å². The van der Waals surface area contributed by atoms with E-state index in [9.17, 15) is 40.0 Å². The lowest BCUT2D eigenvalue weighted by Crippen LogP contribution is -2.54. The number of nitrogens with zero attached hydrogens (tertiary/aromatic N) is 3. The number of alkyl halides is 5. The third-order valence-electron chi connectivity index (χ3n) is 6.46. The molecule has 0 unspecified atom stereocenters. The quantitative estimate of drug-likeness (QED) is 0.355. The molecule has 38 heavy (non-hydrogen) atoms. The van der Waals surface area contributed by atoms with Crippen LogP contribution in [0.1, 0.15) is 51.1 Å². The second kappa shape index (κ2) is 9.77. The fourth-order valence-electron chi connectivity index (χ4n) is 4.54. The topological polar surface area (TPSA) is 97.0 Å². The molecule has 14 heteroatoms. The SMILES string of the molecule is CC(C)(NS(=O)(=O)c1ccc(-c2c(C#N)c3cc(F)c(OC(F)F)cc3n2C2CCCC2)nc1)C(F)(F)F. The van der Waals surface area contributed by atoms with Crippen molar-refractivity contribution in [3.05, 3.63) is 41.8 Å². The maximum atomic E-state index is 14.6. The largest absolute Gasteiger partial charge is 0.432 e. The van der Waals surface area contributed by atoms with Crippen molar-refractivity contribution in [2.75, 3.05) is 0 Å². The van der Waals surface area contributed by atoms with E-state index < -0.39 is 44.8 Å². The molecule has 0 spiro atoms. The zero-order chi connectivity index (χ0) is 28.0. The Hall–Kier alpha value is -3.31. The van der Waals surface area contributed by atoms with Gasteiger partial charge in [0.05, 0.1) is 22.5 Å². The van der Waals surface area contributed by atoms with Gasteiger partial charge in [-0.15, -0.1) is 0 Å². The summed E-state index contributed by atoms with van der Waals surface area (Å²) in [5.41, 5.74) is -2.22. The molecule has 4 rings (SSSR count). The van der Waals surface area contributed by atoms with Gasteiger partial charge in [0.2, 0.25) is 10.0 Å². The van der Waals surface area contributed by atoms with Gasteiger partial charge in [-0.3, -0.25) is 4.98 Å². The summed E-state index contributed by atoms with van der Waals surface area (Å²) in [4.78, 5) is 3.58. The zero-order valence-corrected chi connectivity index (χ0v) is 20.9. The lowest BCUT2D eigenvalue weighted by Gasteiger charge is -2.28. The summed E-state index contributed by atoms with van der Waals surface area (Å²) < 4.78 is 113. The van der Waals surface area contributed by atoms with E-state index in [1.165, 1.54) is 6.07 Å². The number of hydrogen-bond donors (Lipinski definition) is 1. The van der Waals surface area contributed by atoms with Crippen LogP contribution in [0.5, 0.6) is 5.75 Å². The summed E-state index contributed by atoms with van der Waals surface area (Å²) >= 11 is 0. The standard InChI is InChI=1S/C24H22F6N4O3S/c1-23(2,24(28,29)30)33-38(35,36)14-7-8-18(32-12-14)21-16(11-31)15-9-17(25)20(37-22(26)27)10-19(15)34(21)13-5-3-4-6-13/h7-10,12-13,22,33H,3-6H2,1-2H3. The van der Waals surface area contributed by atoms with E-state index in [0.29, 0.717) is 26.7 Å². The smallest absolute Gasteiger partial charge is 0.407 e. The van der Waals surface area contributed by atoms with Crippen LogP contribution in [-0.4, -0.2) is 36.3 Å². The molecule has 0 atom stereocenters. The van der Waals surface area contributed by atoms with Gasteiger partial charge in [-0.25, -0.2) is 12.8 Å². The van der Waals surface area contributed by atoms with E-state index in [-0.39, 0.29) is 33.9 Å². The lowest BCUT2D eigenvalue weighted by molar-refractivity contribution is -0.180. The van der Waals surface area contributed by atoms with Crippen LogP contribution in [0, 0.1) is 17.1 Å². The van der Waals surface area contributed by atoms with Gasteiger partial charge in [0, 0.05) is 23.7 Å². The summed E-state index contributed by atoms with van der Waals surface area (Å²) in [6, 6.07) is 6.06. The molecule has 1 N–H and O–H groups in total. The summed E-state index contributed by atoms with van der Waals surface area (Å²) in [6.45, 7) is -1.92. The molecule has 0 aliphatic heterocycles. The number of halogens is 6. The molecule has 2 aromatic heterocycles. The van der Waals surface area contributed by atoms with Gasteiger partial charge in [-0.2, -0.15) is 31.9 Å². The van der Waals surface area contributed by atoms with E-state index in [1.807, 2.05) is 6.07 Å². The minimum Gasteiger partial charge on any atom is -0.432 e. The Morgan fingerprint density at radius 2 is 1.84 bits per heavy atom. The van der Waals surface area contributed by atoms with Crippen LogP contribution in [0.25, 0.3) is 22.3 Å². The Kier molecular flexibility index (Phi) is 7.13. The van der Waals surface area contributed by atoms with Crippen molar-refractivity contribution < 1.29 is 39.5 Å². The maximum absolute atomic E-state index is 14.6. The fraction of sp³-hybridized carbons (Fsp3) is 0.417. The van der Waals surface area contributed by atoms with E-state index in [0.717, 1.165) is 37.2 Å². The normalized spacial score (nSPS) is 15.4. The van der Waals surface area contributed by atoms with Crippen LogP contribution >= 0.6 is 0 Å². The van der Waals surface area contributed by atoms with Gasteiger partial charge < -0.3 is 9.30 Å². The van der Waals surface area contributed by atoms with Crippen molar-refractivity contribution in [3.63, 3.8) is 0 Å². The van der Waals surface area contributed by atoms with Gasteiger partial charge in [0.1, 0.15) is 16.5 Å². The Labute approximate surface area is 214 Å². The van der Waals surface area contributed by atoms with Crippen LogP contribution in [0.15, 0.2) is 35.4 Å². The highest BCUT2D eigenvalue weighted by molar-refractivity contribution is 7.89. The molecule has 2 heterocycles. The molecule has 1 saturated carbocycles. The van der Waals surface area contributed by atoms with Crippen molar-refractivity contribution in [1.82, 2.24) is 14.3 Å². The lowest BCUT2D eigenvalue weighted by atomic mass is 10.1. The average molecular weight is 561 g/mol. The fourth-order valence-corrected chi connectivity index (χ4v) is 5.88. The van der Waals surface area contributed by atoms with Gasteiger partial charge in [0.15, 0.2) is 11.6 Å². The predicted octanol–water partition coefficient (Wildman–Crippen LogP) is 6.05. The molecule has 1 aromatic carbocycles. The number of fused-ring (bicyclic) bond motifs is 1. The third kappa shape index (κ3) is 5.04. The summed E-state index contributed by atoms with van der Waals surface area (Å²) in [5, 5.41) is 10.1. The number of pyridine rings is 1. The van der Waals surface area contributed by atoms with Crippen LogP contribution in [0.3, 0.4) is 0 Å². The molecule has 204 valence electrons. The van der Waals surface area contributed by atoms with Crippen molar-refractivity contribution in [1.29, 1.82) is 5.26 Å². The number of sulfonamides is 1. The third-order valence-corrected chi connectivity index (χ3v) is 8.10. The molecule has 3 aromatic rings. The zero-order valence-electron chi connectivity index (χ0n) is 20.1. The number of hydrogen-bond acceptors (Lipinski definition) is 5. The number of ether oxygens (including phenoxy) is 1. The predicted molar refractivity (Wildman–Crippen MR) is 124 cm³/mol. The van der Waals surface area contributed by atoms with Crippen LogP contribution in [-0.2, 0) is 10.0 Å². The second-order valence-electron chi connectivity index (χ2n) is 9.43. The van der Waals surface area contributed by atoms with Crippen LogP contribution < -0.4 is 9.46 Å². The first-order chi connectivity index (χ1) is 17.7. The Morgan fingerprint density at radius 1 is 1.18 bits per heavy atom. The van der Waals surface area contributed by atoms with Crippen molar-refractivity contribution >= 4 is 20.9 Å². The highest BCUT2D eigenvalue weighted by Crippen LogP contribution is 2.42. The molecule has 0 saturated heterocycles. The maximum Gasteiger partial charge on any atom is 0.407 e. The Morgan fingerprint density at radius 3 is 2.37 bits per heavy atom. The summed E-state index contributed by atoms with van der Waals surface area (Å²) in [7, 11) is -4.63. The monoisotopic (exact) mass is 560 g/mol. The number of rotatable bonds is 7. The van der Waals surface area contributed by atoms with Gasteiger partial charge >= 0.3 is 12.8 Å². The number of aromatic nitrogens is 2. The van der Waals surface area contributed by atoms with Crippen LogP contribution in [0.2, 0.25) is 0 Å². The first kappa shape index (κ1) is 27.7. The van der Waals surface area contributed by atoms with Crippen molar-refractivity contribution in [2.45, 2.75) is 68.8 Å². The highest BCUT2D eigenvalue weighted by Gasteiger charge is 2.49. The van der Waals surface area contributed by atoms with Crippen LogP contribution in [0.4, 0.5) is 26.3 Å². The molecule has 1 aliphatic rings. The molecule has 0 amide bonds. The first-order valence-electron chi connectivity index (χ1n) is 11.5. The van der Waals surface area contributed by atoms with E-state index in [2.05, 4.69) is 9.72 Å². The van der Waals surface area contributed by atoms with Gasteiger partial charge in [0.25, 0.3) is 0 Å². The first-order valence-corrected chi connectivity index (χ1v) is 12.9. The van der Waals surface area contributed by atoms with Crippen molar-refractivity contribution in [2.24, 2.45) is 0 Å². The molecule has 0 bridgehead atoms. The molecular formula is C24H22F6N4O3S. The van der Waals surface area contributed by atoms with E-state index in [1.54, 1.807) is 9.29 Å². The molecule has 1 fully saturated rings. The molecule has 1 aliphatic carbocycles. The number of nitriles is 1. The Balaban J connectivity index is 1.86. The van der Waals surface area contributed by atoms with E-state index >= 15 is 0 Å². The van der Waals surface area contributed by atoms with Gasteiger partial charge in [-0.1, -0.05) is 12.8 Å². The minimum atomic E-state index is -4.86. The van der Waals surface area contributed by atoms with E-state index in [4.69, 9.17) is 0 Å². The summed E-state index contributed by atoms with van der Waals surface area (Å²) in [6.07, 6.45) is -0.968. The minimum absolute atomic E-state index is 0.0196. The summed E-state index contributed by atoms with van der Waals surface area (Å²) in [5.74, 6) is -1.80. The number of benzene rings is 1. The average Bonchev–Trinajstić information content (AvgIpc) is 3.43. The number of nitrogens with one attached hydrogen (secondary N) is 1. The molecule has 0 radical (unpaired) electrons. The highest BCUT2D eigenvalue weighted by atomic mass is 32.2. The molecular weight excluding hydrogens is 538 g/mol. The second-order valence-corrected chi connectivity index (χ2v) is 11.1. The van der Waals surface area contributed by atoms with Crippen molar-refractivity contribution in [3.8, 4) is 23.2 Å².